The average molecular weight is 426 g/mol. The van der Waals surface area contributed by atoms with Crippen LogP contribution < -0.4 is 10.6 Å². The summed E-state index contributed by atoms with van der Waals surface area (Å²) in [5.41, 5.74) is 1.24. The molecule has 0 amide bonds. The summed E-state index contributed by atoms with van der Waals surface area (Å²) in [5.74, 6) is 1.46. The lowest BCUT2D eigenvalue weighted by atomic mass is 10.2. The van der Waals surface area contributed by atoms with Crippen molar-refractivity contribution in [2.45, 2.75) is 20.4 Å². The summed E-state index contributed by atoms with van der Waals surface area (Å²) < 4.78 is 1.10. The van der Waals surface area contributed by atoms with Crippen LogP contribution in [0.15, 0.2) is 33.7 Å². The Labute approximate surface area is 135 Å². The molecule has 1 aromatic carbocycles. The SMILES string of the molecule is CN=C(NCc1ccc(Br)cc1)NCC(C)C.I. The molecule has 0 saturated carbocycles. The molecule has 18 heavy (non-hydrogen) atoms. The number of hydrogen-bond donors (Lipinski definition) is 2. The molecule has 0 saturated heterocycles. The Kier molecular flexibility index (Phi) is 9.45. The molecule has 0 unspecified atom stereocenters. The van der Waals surface area contributed by atoms with Crippen molar-refractivity contribution in [3.63, 3.8) is 0 Å². The van der Waals surface area contributed by atoms with Gasteiger partial charge in [-0.25, -0.2) is 0 Å². The van der Waals surface area contributed by atoms with E-state index >= 15 is 0 Å². The molecular formula is C13H21BrIN3. The number of aliphatic imine (C=N–C) groups is 1. The van der Waals surface area contributed by atoms with Gasteiger partial charge in [-0.2, -0.15) is 0 Å². The molecule has 2 N–H and O–H groups in total. The predicted molar refractivity (Wildman–Crippen MR) is 92.6 cm³/mol. The minimum atomic E-state index is 0. The van der Waals surface area contributed by atoms with Crippen molar-refractivity contribution >= 4 is 45.9 Å². The van der Waals surface area contributed by atoms with E-state index in [1.807, 2.05) is 12.1 Å². The van der Waals surface area contributed by atoms with E-state index in [-0.39, 0.29) is 24.0 Å². The van der Waals surface area contributed by atoms with Crippen LogP contribution in [0.5, 0.6) is 0 Å². The van der Waals surface area contributed by atoms with Crippen molar-refractivity contribution in [1.82, 2.24) is 10.6 Å². The summed E-state index contributed by atoms with van der Waals surface area (Å²) in [5, 5.41) is 6.56. The van der Waals surface area contributed by atoms with Crippen molar-refractivity contribution in [1.29, 1.82) is 0 Å². The first-order valence-corrected chi connectivity index (χ1v) is 6.60. The minimum absolute atomic E-state index is 0. The summed E-state index contributed by atoms with van der Waals surface area (Å²) in [6.45, 7) is 6.06. The molecule has 0 aliphatic carbocycles. The molecule has 0 aliphatic rings. The maximum absolute atomic E-state index is 4.18. The van der Waals surface area contributed by atoms with Crippen LogP contribution in [-0.4, -0.2) is 19.6 Å². The number of nitrogens with zero attached hydrogens (tertiary/aromatic N) is 1. The van der Waals surface area contributed by atoms with Crippen LogP contribution in [-0.2, 0) is 6.54 Å². The topological polar surface area (TPSA) is 36.4 Å². The Hall–Kier alpha value is -0.300. The van der Waals surface area contributed by atoms with Crippen LogP contribution in [0.25, 0.3) is 0 Å². The van der Waals surface area contributed by atoms with E-state index in [0.29, 0.717) is 5.92 Å². The third-order valence-corrected chi connectivity index (χ3v) is 2.80. The lowest BCUT2D eigenvalue weighted by molar-refractivity contribution is 0.614. The van der Waals surface area contributed by atoms with Crippen LogP contribution in [0.1, 0.15) is 19.4 Å². The van der Waals surface area contributed by atoms with Gasteiger partial charge >= 0.3 is 0 Å². The second-order valence-corrected chi connectivity index (χ2v) is 5.24. The van der Waals surface area contributed by atoms with Gasteiger partial charge in [0.1, 0.15) is 0 Å². The minimum Gasteiger partial charge on any atom is -0.356 e. The van der Waals surface area contributed by atoms with Crippen LogP contribution in [0.3, 0.4) is 0 Å². The molecule has 1 rings (SSSR count). The fourth-order valence-corrected chi connectivity index (χ4v) is 1.57. The third kappa shape index (κ3) is 7.20. The quantitative estimate of drug-likeness (QED) is 0.440. The zero-order valence-electron chi connectivity index (χ0n) is 11.0. The number of rotatable bonds is 4. The molecule has 0 heterocycles. The predicted octanol–water partition coefficient (Wildman–Crippen LogP) is 3.39. The lowest BCUT2D eigenvalue weighted by Crippen LogP contribution is -2.38. The zero-order valence-corrected chi connectivity index (χ0v) is 15.0. The largest absolute Gasteiger partial charge is 0.356 e. The first kappa shape index (κ1) is 17.7. The number of nitrogens with one attached hydrogen (secondary N) is 2. The Morgan fingerprint density at radius 2 is 1.83 bits per heavy atom. The van der Waals surface area contributed by atoms with Crippen molar-refractivity contribution < 1.29 is 0 Å². The van der Waals surface area contributed by atoms with Crippen molar-refractivity contribution in [3.8, 4) is 0 Å². The van der Waals surface area contributed by atoms with Gasteiger partial charge < -0.3 is 10.6 Å². The van der Waals surface area contributed by atoms with Gasteiger partial charge in [0.05, 0.1) is 0 Å². The molecule has 0 fully saturated rings. The van der Waals surface area contributed by atoms with E-state index in [1.165, 1.54) is 5.56 Å². The highest BCUT2D eigenvalue weighted by Crippen LogP contribution is 2.10. The van der Waals surface area contributed by atoms with Crippen LogP contribution in [0, 0.1) is 5.92 Å². The molecule has 0 spiro atoms. The molecular weight excluding hydrogens is 405 g/mol. The Morgan fingerprint density at radius 1 is 1.22 bits per heavy atom. The van der Waals surface area contributed by atoms with Gasteiger partial charge in [0.15, 0.2) is 5.96 Å². The van der Waals surface area contributed by atoms with Gasteiger partial charge in [0.25, 0.3) is 0 Å². The van der Waals surface area contributed by atoms with Gasteiger partial charge in [-0.3, -0.25) is 4.99 Å². The molecule has 3 nitrogen and oxygen atoms in total. The highest BCUT2D eigenvalue weighted by atomic mass is 127. The highest BCUT2D eigenvalue weighted by Gasteiger charge is 1.99. The maximum Gasteiger partial charge on any atom is 0.191 e. The Balaban J connectivity index is 0.00000289. The Morgan fingerprint density at radius 3 is 2.33 bits per heavy atom. The number of hydrogen-bond acceptors (Lipinski definition) is 1. The molecule has 5 heteroatoms. The van der Waals surface area contributed by atoms with Crippen molar-refractivity contribution in [3.05, 3.63) is 34.3 Å². The van der Waals surface area contributed by atoms with Crippen LogP contribution in [0.2, 0.25) is 0 Å². The molecule has 0 bridgehead atoms. The maximum atomic E-state index is 4.18. The van der Waals surface area contributed by atoms with E-state index < -0.39 is 0 Å². The van der Waals surface area contributed by atoms with E-state index in [0.717, 1.165) is 23.5 Å². The van der Waals surface area contributed by atoms with Crippen molar-refractivity contribution in [2.24, 2.45) is 10.9 Å². The van der Waals surface area contributed by atoms with Gasteiger partial charge in [0, 0.05) is 24.6 Å². The van der Waals surface area contributed by atoms with E-state index in [1.54, 1.807) is 7.05 Å². The number of benzene rings is 1. The standard InChI is InChI=1S/C13H20BrN3.HI/c1-10(2)8-16-13(15-3)17-9-11-4-6-12(14)7-5-11;/h4-7,10H,8-9H2,1-3H3,(H2,15,16,17);1H. The smallest absolute Gasteiger partial charge is 0.191 e. The Bertz CT molecular complexity index is 363. The first-order chi connectivity index (χ1) is 8.11. The second kappa shape index (κ2) is 9.61. The van der Waals surface area contributed by atoms with Gasteiger partial charge in [-0.1, -0.05) is 41.9 Å². The first-order valence-electron chi connectivity index (χ1n) is 5.80. The van der Waals surface area contributed by atoms with Gasteiger partial charge in [-0.05, 0) is 23.6 Å². The van der Waals surface area contributed by atoms with Gasteiger partial charge in [0.2, 0.25) is 0 Å². The molecule has 0 aliphatic heterocycles. The van der Waals surface area contributed by atoms with Crippen molar-refractivity contribution in [2.75, 3.05) is 13.6 Å². The third-order valence-electron chi connectivity index (χ3n) is 2.27. The van der Waals surface area contributed by atoms with Crippen LogP contribution in [0.4, 0.5) is 0 Å². The zero-order chi connectivity index (χ0) is 12.7. The number of guanidine groups is 1. The fraction of sp³-hybridized carbons (Fsp3) is 0.462. The molecule has 0 aromatic heterocycles. The van der Waals surface area contributed by atoms with E-state index in [4.69, 9.17) is 0 Å². The van der Waals surface area contributed by atoms with E-state index in [2.05, 4.69) is 57.5 Å². The monoisotopic (exact) mass is 425 g/mol. The number of halogens is 2. The molecule has 102 valence electrons. The highest BCUT2D eigenvalue weighted by molar-refractivity contribution is 14.0. The average Bonchev–Trinajstić information content (AvgIpc) is 2.31. The molecule has 0 radical (unpaired) electrons. The fourth-order valence-electron chi connectivity index (χ4n) is 1.31. The second-order valence-electron chi connectivity index (χ2n) is 4.33. The normalized spacial score (nSPS) is 11.1. The summed E-state index contributed by atoms with van der Waals surface area (Å²) in [7, 11) is 1.79. The van der Waals surface area contributed by atoms with Crippen LogP contribution >= 0.6 is 39.9 Å². The van der Waals surface area contributed by atoms with Gasteiger partial charge in [-0.15, -0.1) is 24.0 Å². The summed E-state index contributed by atoms with van der Waals surface area (Å²) in [4.78, 5) is 4.18. The summed E-state index contributed by atoms with van der Waals surface area (Å²) in [6, 6.07) is 8.27. The summed E-state index contributed by atoms with van der Waals surface area (Å²) in [6.07, 6.45) is 0. The molecule has 1 aromatic rings. The summed E-state index contributed by atoms with van der Waals surface area (Å²) >= 11 is 3.42. The lowest BCUT2D eigenvalue weighted by Gasteiger charge is -2.13. The molecule has 0 atom stereocenters. The van der Waals surface area contributed by atoms with E-state index in [9.17, 15) is 0 Å².